The fourth-order valence-corrected chi connectivity index (χ4v) is 4.09. The van der Waals surface area contributed by atoms with E-state index in [-0.39, 0.29) is 27.2 Å². The fourth-order valence-electron chi connectivity index (χ4n) is 2.34. The van der Waals surface area contributed by atoms with Crippen LogP contribution in [0.15, 0.2) is 47.4 Å². The van der Waals surface area contributed by atoms with Gasteiger partial charge in [0, 0.05) is 18.1 Å². The molecule has 0 aliphatic heterocycles. The molecule has 1 amide bonds. The van der Waals surface area contributed by atoms with Crippen molar-refractivity contribution in [1.82, 2.24) is 4.31 Å². The van der Waals surface area contributed by atoms with Gasteiger partial charge in [0.05, 0.1) is 21.2 Å². The SMILES string of the molecule is CC(OC(=O)c1cccc(S(=O)(=O)N(C)C(C)C)c1)C(=O)Nc1cc(Cl)ccc1Cl. The van der Waals surface area contributed by atoms with Gasteiger partial charge in [-0.15, -0.1) is 0 Å². The first kappa shape index (κ1) is 24.1. The average molecular weight is 473 g/mol. The highest BCUT2D eigenvalue weighted by molar-refractivity contribution is 7.89. The van der Waals surface area contributed by atoms with Crippen molar-refractivity contribution in [3.8, 4) is 0 Å². The Morgan fingerprint density at radius 2 is 1.73 bits per heavy atom. The van der Waals surface area contributed by atoms with E-state index < -0.39 is 28.0 Å². The molecule has 0 aliphatic carbocycles. The quantitative estimate of drug-likeness (QED) is 0.609. The maximum absolute atomic E-state index is 12.6. The van der Waals surface area contributed by atoms with Crippen molar-refractivity contribution in [2.24, 2.45) is 0 Å². The number of carbonyl (C=O) groups excluding carboxylic acids is 2. The molecular weight excluding hydrogens is 451 g/mol. The van der Waals surface area contributed by atoms with Crippen LogP contribution in [0.3, 0.4) is 0 Å². The number of hydrogen-bond donors (Lipinski definition) is 1. The van der Waals surface area contributed by atoms with Gasteiger partial charge in [0.2, 0.25) is 10.0 Å². The monoisotopic (exact) mass is 472 g/mol. The molecule has 2 rings (SSSR count). The molecule has 1 unspecified atom stereocenters. The zero-order valence-corrected chi connectivity index (χ0v) is 19.2. The standard InChI is InChI=1S/C20H22Cl2N2O5S/c1-12(2)24(4)30(27,28)16-7-5-6-14(10-16)20(26)29-13(3)19(25)23-18-11-15(21)8-9-17(18)22/h5-13H,1-4H3,(H,23,25). The van der Waals surface area contributed by atoms with Crippen LogP contribution < -0.4 is 5.32 Å². The maximum atomic E-state index is 12.6. The molecule has 0 bridgehead atoms. The molecule has 1 N–H and O–H groups in total. The fraction of sp³-hybridized carbons (Fsp3) is 0.300. The van der Waals surface area contributed by atoms with Crippen molar-refractivity contribution in [3.05, 3.63) is 58.1 Å². The molecule has 2 aromatic rings. The molecule has 0 saturated heterocycles. The normalized spacial score (nSPS) is 12.7. The van der Waals surface area contributed by atoms with Gasteiger partial charge in [0.25, 0.3) is 5.91 Å². The summed E-state index contributed by atoms with van der Waals surface area (Å²) in [5.74, 6) is -1.45. The average Bonchev–Trinajstić information content (AvgIpc) is 2.69. The Hall–Kier alpha value is -2.13. The molecule has 0 aliphatic rings. The van der Waals surface area contributed by atoms with Crippen LogP contribution in [0.1, 0.15) is 31.1 Å². The highest BCUT2D eigenvalue weighted by atomic mass is 35.5. The lowest BCUT2D eigenvalue weighted by Gasteiger charge is -2.21. The lowest BCUT2D eigenvalue weighted by molar-refractivity contribution is -0.123. The molecule has 7 nitrogen and oxygen atoms in total. The zero-order valence-electron chi connectivity index (χ0n) is 16.8. The summed E-state index contributed by atoms with van der Waals surface area (Å²) in [6, 6.07) is 9.76. The van der Waals surface area contributed by atoms with Crippen LogP contribution in [-0.4, -0.2) is 43.8 Å². The number of sulfonamides is 1. The number of amides is 1. The molecule has 0 fully saturated rings. The van der Waals surface area contributed by atoms with Gasteiger partial charge in [-0.1, -0.05) is 29.3 Å². The number of halogens is 2. The van der Waals surface area contributed by atoms with Gasteiger partial charge in [-0.2, -0.15) is 4.31 Å². The molecule has 0 spiro atoms. The first-order chi connectivity index (χ1) is 13.9. The molecule has 10 heteroatoms. The van der Waals surface area contributed by atoms with Crippen LogP contribution >= 0.6 is 23.2 Å². The van der Waals surface area contributed by atoms with E-state index in [0.29, 0.717) is 5.02 Å². The number of nitrogens with one attached hydrogen (secondary N) is 1. The van der Waals surface area contributed by atoms with E-state index in [1.54, 1.807) is 19.9 Å². The van der Waals surface area contributed by atoms with Gasteiger partial charge in [-0.25, -0.2) is 13.2 Å². The van der Waals surface area contributed by atoms with Crippen LogP contribution in [0.5, 0.6) is 0 Å². The van der Waals surface area contributed by atoms with Gasteiger partial charge in [0.1, 0.15) is 0 Å². The number of nitrogens with zero attached hydrogens (tertiary/aromatic N) is 1. The minimum absolute atomic E-state index is 0.00803. The lowest BCUT2D eigenvalue weighted by Crippen LogP contribution is -2.33. The smallest absolute Gasteiger partial charge is 0.338 e. The van der Waals surface area contributed by atoms with Crippen molar-refractivity contribution in [2.45, 2.75) is 37.8 Å². The Kier molecular flexibility index (Phi) is 7.87. The van der Waals surface area contributed by atoms with Gasteiger partial charge in [0.15, 0.2) is 6.10 Å². The molecule has 2 aromatic carbocycles. The predicted octanol–water partition coefficient (Wildman–Crippen LogP) is 4.21. The van der Waals surface area contributed by atoms with Crippen molar-refractivity contribution in [2.75, 3.05) is 12.4 Å². The Bertz CT molecular complexity index is 1060. The molecule has 0 heterocycles. The maximum Gasteiger partial charge on any atom is 0.338 e. The zero-order chi connectivity index (χ0) is 22.6. The van der Waals surface area contributed by atoms with Crippen LogP contribution in [0.2, 0.25) is 10.0 Å². The summed E-state index contributed by atoms with van der Waals surface area (Å²) in [4.78, 5) is 24.8. The first-order valence-electron chi connectivity index (χ1n) is 8.98. The van der Waals surface area contributed by atoms with Crippen molar-refractivity contribution in [3.63, 3.8) is 0 Å². The lowest BCUT2D eigenvalue weighted by atomic mass is 10.2. The molecule has 0 saturated carbocycles. The molecular formula is C20H22Cl2N2O5S. The second kappa shape index (κ2) is 9.78. The molecule has 1 atom stereocenters. The van der Waals surface area contributed by atoms with Crippen molar-refractivity contribution in [1.29, 1.82) is 0 Å². The summed E-state index contributed by atoms with van der Waals surface area (Å²) in [7, 11) is -2.31. The molecule has 0 radical (unpaired) electrons. The Morgan fingerprint density at radius 3 is 2.37 bits per heavy atom. The van der Waals surface area contributed by atoms with Crippen molar-refractivity contribution >= 4 is 50.8 Å². The van der Waals surface area contributed by atoms with E-state index in [9.17, 15) is 18.0 Å². The van der Waals surface area contributed by atoms with E-state index in [4.69, 9.17) is 27.9 Å². The summed E-state index contributed by atoms with van der Waals surface area (Å²) < 4.78 is 31.6. The predicted molar refractivity (Wildman–Crippen MR) is 116 cm³/mol. The Balaban J connectivity index is 2.14. The highest BCUT2D eigenvalue weighted by Gasteiger charge is 2.25. The summed E-state index contributed by atoms with van der Waals surface area (Å²) in [5, 5.41) is 3.19. The Morgan fingerprint density at radius 1 is 1.07 bits per heavy atom. The minimum Gasteiger partial charge on any atom is -0.449 e. The number of benzene rings is 2. The number of anilines is 1. The van der Waals surface area contributed by atoms with Gasteiger partial charge < -0.3 is 10.1 Å². The second-order valence-electron chi connectivity index (χ2n) is 6.80. The summed E-state index contributed by atoms with van der Waals surface area (Å²) in [6.45, 7) is 4.86. The number of rotatable bonds is 7. The van der Waals surface area contributed by atoms with E-state index >= 15 is 0 Å². The van der Waals surface area contributed by atoms with Gasteiger partial charge in [-0.3, -0.25) is 4.79 Å². The summed E-state index contributed by atoms with van der Waals surface area (Å²) >= 11 is 11.9. The molecule has 30 heavy (non-hydrogen) atoms. The second-order valence-corrected chi connectivity index (χ2v) is 9.64. The third kappa shape index (κ3) is 5.72. The van der Waals surface area contributed by atoms with E-state index in [0.717, 1.165) is 0 Å². The topological polar surface area (TPSA) is 92.8 Å². The van der Waals surface area contributed by atoms with Crippen LogP contribution in [0.25, 0.3) is 0 Å². The van der Waals surface area contributed by atoms with Gasteiger partial charge >= 0.3 is 5.97 Å². The van der Waals surface area contributed by atoms with Crippen LogP contribution in [0.4, 0.5) is 5.69 Å². The number of esters is 1. The van der Waals surface area contributed by atoms with Crippen LogP contribution in [0, 0.1) is 0 Å². The van der Waals surface area contributed by atoms with Crippen LogP contribution in [-0.2, 0) is 19.6 Å². The largest absolute Gasteiger partial charge is 0.449 e. The first-order valence-corrected chi connectivity index (χ1v) is 11.2. The Labute approximate surface area is 186 Å². The number of ether oxygens (including phenoxy) is 1. The van der Waals surface area contributed by atoms with Crippen molar-refractivity contribution < 1.29 is 22.7 Å². The van der Waals surface area contributed by atoms with E-state index in [2.05, 4.69) is 5.32 Å². The third-order valence-electron chi connectivity index (χ3n) is 4.31. The number of hydrogen-bond acceptors (Lipinski definition) is 5. The molecule has 0 aromatic heterocycles. The summed E-state index contributed by atoms with van der Waals surface area (Å²) in [5.41, 5.74) is 0.288. The number of carbonyl (C=O) groups is 2. The van der Waals surface area contributed by atoms with E-state index in [1.165, 1.54) is 54.7 Å². The third-order valence-corrected chi connectivity index (χ3v) is 6.91. The van der Waals surface area contributed by atoms with Gasteiger partial charge in [-0.05, 0) is 57.2 Å². The summed E-state index contributed by atoms with van der Waals surface area (Å²) in [6.07, 6.45) is -1.16. The molecule has 162 valence electrons. The van der Waals surface area contributed by atoms with E-state index in [1.807, 2.05) is 0 Å². The highest BCUT2D eigenvalue weighted by Crippen LogP contribution is 2.25. The minimum atomic E-state index is -3.77.